The molecule has 12 heavy (non-hydrogen) atoms. The molecule has 1 aromatic heterocycles. The van der Waals surface area contributed by atoms with Crippen LogP contribution in [0.4, 0.5) is 0 Å². The third kappa shape index (κ3) is 1.34. The number of hydrogen-bond acceptors (Lipinski definition) is 3. The van der Waals surface area contributed by atoms with Gasteiger partial charge >= 0.3 is 0 Å². The molecule has 1 fully saturated rings. The molecule has 1 saturated heterocycles. The van der Waals surface area contributed by atoms with E-state index < -0.39 is 0 Å². The van der Waals surface area contributed by atoms with Gasteiger partial charge in [0.15, 0.2) is 5.78 Å². The van der Waals surface area contributed by atoms with Crippen molar-refractivity contribution in [3.63, 3.8) is 0 Å². The summed E-state index contributed by atoms with van der Waals surface area (Å²) in [6.45, 7) is 1.67. The highest BCUT2D eigenvalue weighted by Gasteiger charge is 2.27. The van der Waals surface area contributed by atoms with Crippen LogP contribution in [0.3, 0.4) is 0 Å². The van der Waals surface area contributed by atoms with Crippen LogP contribution in [0, 0.1) is 5.92 Å². The van der Waals surface area contributed by atoms with Crippen molar-refractivity contribution in [2.45, 2.75) is 0 Å². The van der Waals surface area contributed by atoms with E-state index in [2.05, 4.69) is 21.2 Å². The predicted molar refractivity (Wildman–Crippen MR) is 52.7 cm³/mol. The van der Waals surface area contributed by atoms with Crippen molar-refractivity contribution in [2.75, 3.05) is 13.1 Å². The van der Waals surface area contributed by atoms with Crippen molar-refractivity contribution >= 4 is 33.0 Å². The van der Waals surface area contributed by atoms with E-state index in [-0.39, 0.29) is 11.7 Å². The first-order valence-electron chi connectivity index (χ1n) is 3.77. The van der Waals surface area contributed by atoms with E-state index in [0.717, 1.165) is 22.4 Å². The normalized spacial score (nSPS) is 17.4. The first kappa shape index (κ1) is 8.41. The molecule has 1 aromatic rings. The molecule has 2 rings (SSSR count). The van der Waals surface area contributed by atoms with Gasteiger partial charge in [-0.1, -0.05) is 0 Å². The molecule has 0 atom stereocenters. The molecular weight excluding hydrogens is 238 g/mol. The van der Waals surface area contributed by atoms with E-state index >= 15 is 0 Å². The Kier molecular flexibility index (Phi) is 2.30. The molecule has 0 saturated carbocycles. The minimum atomic E-state index is 0.208. The van der Waals surface area contributed by atoms with Crippen LogP contribution < -0.4 is 5.32 Å². The smallest absolute Gasteiger partial charge is 0.179 e. The minimum Gasteiger partial charge on any atom is -0.315 e. The fraction of sp³-hybridized carbons (Fsp3) is 0.375. The maximum absolute atomic E-state index is 11.6. The lowest BCUT2D eigenvalue weighted by molar-refractivity contribution is 0.0882. The lowest BCUT2D eigenvalue weighted by Crippen LogP contribution is -2.46. The molecule has 0 spiro atoms. The molecule has 1 N–H and O–H groups in total. The summed E-state index contributed by atoms with van der Waals surface area (Å²) in [5, 5.41) is 5.03. The SMILES string of the molecule is O=C(c1sccc1Br)C1CNC1. The van der Waals surface area contributed by atoms with Gasteiger partial charge in [0.1, 0.15) is 0 Å². The molecule has 4 heteroatoms. The zero-order chi connectivity index (χ0) is 8.55. The Hall–Kier alpha value is -0.190. The van der Waals surface area contributed by atoms with E-state index in [9.17, 15) is 4.79 Å². The molecule has 64 valence electrons. The first-order chi connectivity index (χ1) is 5.79. The summed E-state index contributed by atoms with van der Waals surface area (Å²) in [5.41, 5.74) is 0. The molecule has 2 heterocycles. The van der Waals surface area contributed by atoms with E-state index in [1.165, 1.54) is 11.3 Å². The highest BCUT2D eigenvalue weighted by atomic mass is 79.9. The quantitative estimate of drug-likeness (QED) is 0.807. The Balaban J connectivity index is 2.19. The number of ketones is 1. The lowest BCUT2D eigenvalue weighted by Gasteiger charge is -2.25. The third-order valence-corrected chi connectivity index (χ3v) is 3.85. The summed E-state index contributed by atoms with van der Waals surface area (Å²) in [7, 11) is 0. The first-order valence-corrected chi connectivity index (χ1v) is 5.44. The maximum atomic E-state index is 11.6. The van der Waals surface area contributed by atoms with Crippen LogP contribution in [0.15, 0.2) is 15.9 Å². The number of thiophene rings is 1. The molecule has 0 radical (unpaired) electrons. The summed E-state index contributed by atoms with van der Waals surface area (Å²) in [6.07, 6.45) is 0. The number of halogens is 1. The van der Waals surface area contributed by atoms with Crippen LogP contribution in [0.5, 0.6) is 0 Å². The second-order valence-corrected chi connectivity index (χ2v) is 4.59. The Labute approximate surface area is 83.1 Å². The van der Waals surface area contributed by atoms with Crippen LogP contribution in [0.1, 0.15) is 9.67 Å². The van der Waals surface area contributed by atoms with Crippen molar-refractivity contribution < 1.29 is 4.79 Å². The maximum Gasteiger partial charge on any atom is 0.179 e. The highest BCUT2D eigenvalue weighted by Crippen LogP contribution is 2.26. The number of hydrogen-bond donors (Lipinski definition) is 1. The topological polar surface area (TPSA) is 29.1 Å². The average molecular weight is 246 g/mol. The molecule has 0 aromatic carbocycles. The van der Waals surface area contributed by atoms with E-state index in [4.69, 9.17) is 0 Å². The second-order valence-electron chi connectivity index (χ2n) is 2.82. The Morgan fingerprint density at radius 2 is 2.42 bits per heavy atom. The van der Waals surface area contributed by atoms with Gasteiger partial charge in [0.05, 0.1) is 4.88 Å². The summed E-state index contributed by atoms with van der Waals surface area (Å²) >= 11 is 4.87. The van der Waals surface area contributed by atoms with Crippen LogP contribution in [-0.4, -0.2) is 18.9 Å². The van der Waals surface area contributed by atoms with E-state index in [0.29, 0.717) is 0 Å². The van der Waals surface area contributed by atoms with Gasteiger partial charge < -0.3 is 5.32 Å². The van der Waals surface area contributed by atoms with Crippen molar-refractivity contribution in [3.05, 3.63) is 20.8 Å². The molecule has 0 unspecified atom stereocenters. The monoisotopic (exact) mass is 245 g/mol. The molecule has 0 amide bonds. The van der Waals surface area contributed by atoms with Crippen LogP contribution >= 0.6 is 27.3 Å². The molecule has 1 aliphatic rings. The third-order valence-electron chi connectivity index (χ3n) is 1.99. The minimum absolute atomic E-state index is 0.208. The van der Waals surface area contributed by atoms with Crippen molar-refractivity contribution in [3.8, 4) is 0 Å². The van der Waals surface area contributed by atoms with Crippen molar-refractivity contribution in [1.82, 2.24) is 5.32 Å². The van der Waals surface area contributed by atoms with Crippen LogP contribution in [0.25, 0.3) is 0 Å². The van der Waals surface area contributed by atoms with E-state index in [1.807, 2.05) is 11.4 Å². The average Bonchev–Trinajstić information content (AvgIpc) is 2.31. The number of rotatable bonds is 2. The van der Waals surface area contributed by atoms with Gasteiger partial charge in [0.2, 0.25) is 0 Å². The largest absolute Gasteiger partial charge is 0.315 e. The summed E-state index contributed by atoms with van der Waals surface area (Å²) in [6, 6.07) is 1.92. The number of nitrogens with one attached hydrogen (secondary N) is 1. The number of carbonyl (C=O) groups excluding carboxylic acids is 1. The van der Waals surface area contributed by atoms with Crippen molar-refractivity contribution in [2.24, 2.45) is 5.92 Å². The summed E-state index contributed by atoms with van der Waals surface area (Å²) < 4.78 is 0.935. The standard InChI is InChI=1S/C8H8BrNOS/c9-6-1-2-12-8(6)7(11)5-3-10-4-5/h1-2,5,10H,3-4H2. The van der Waals surface area contributed by atoms with Gasteiger partial charge in [-0.05, 0) is 27.4 Å². The Morgan fingerprint density at radius 1 is 1.67 bits per heavy atom. The summed E-state index contributed by atoms with van der Waals surface area (Å²) in [4.78, 5) is 12.5. The Morgan fingerprint density at radius 3 is 2.83 bits per heavy atom. The lowest BCUT2D eigenvalue weighted by atomic mass is 9.97. The molecule has 0 aliphatic carbocycles. The van der Waals surface area contributed by atoms with Crippen LogP contribution in [0.2, 0.25) is 0 Å². The van der Waals surface area contributed by atoms with E-state index in [1.54, 1.807) is 0 Å². The zero-order valence-corrected chi connectivity index (χ0v) is 8.74. The van der Waals surface area contributed by atoms with Gasteiger partial charge in [-0.3, -0.25) is 4.79 Å². The van der Waals surface area contributed by atoms with Gasteiger partial charge in [-0.25, -0.2) is 0 Å². The molecular formula is C8H8BrNOS. The summed E-state index contributed by atoms with van der Waals surface area (Å²) in [5.74, 6) is 0.482. The zero-order valence-electron chi connectivity index (χ0n) is 6.34. The fourth-order valence-corrected chi connectivity index (χ4v) is 2.72. The van der Waals surface area contributed by atoms with Gasteiger partial charge in [-0.15, -0.1) is 11.3 Å². The fourth-order valence-electron chi connectivity index (χ4n) is 1.13. The highest BCUT2D eigenvalue weighted by molar-refractivity contribution is 9.10. The van der Waals surface area contributed by atoms with Gasteiger partial charge in [0.25, 0.3) is 0 Å². The molecule has 0 bridgehead atoms. The second kappa shape index (κ2) is 3.28. The van der Waals surface area contributed by atoms with Gasteiger partial charge in [0, 0.05) is 23.5 Å². The van der Waals surface area contributed by atoms with Crippen molar-refractivity contribution in [1.29, 1.82) is 0 Å². The van der Waals surface area contributed by atoms with Crippen LogP contribution in [-0.2, 0) is 0 Å². The molecule has 2 nitrogen and oxygen atoms in total. The Bertz CT molecular complexity index is 306. The molecule has 1 aliphatic heterocycles. The predicted octanol–water partition coefficient (Wildman–Crippen LogP) is 1.91. The number of carbonyl (C=O) groups is 1. The number of Topliss-reactive ketones (excluding diaryl/α,β-unsaturated/α-hetero) is 1. The van der Waals surface area contributed by atoms with Gasteiger partial charge in [-0.2, -0.15) is 0 Å².